The summed E-state index contributed by atoms with van der Waals surface area (Å²) in [7, 11) is 0. The monoisotopic (exact) mass is 307 g/mol. The Morgan fingerprint density at radius 2 is 2.04 bits per heavy atom. The van der Waals surface area contributed by atoms with Crippen LogP contribution in [0.4, 0.5) is 0 Å². The predicted octanol–water partition coefficient (Wildman–Crippen LogP) is 3.17. The van der Waals surface area contributed by atoms with E-state index in [1.165, 1.54) is 0 Å². The van der Waals surface area contributed by atoms with Gasteiger partial charge in [0.25, 0.3) is 0 Å². The minimum atomic E-state index is -0.470. The Morgan fingerprint density at radius 3 is 2.78 bits per heavy atom. The molecule has 1 aliphatic carbocycles. The molecule has 0 aliphatic heterocycles. The average molecular weight is 307 g/mol. The highest BCUT2D eigenvalue weighted by Crippen LogP contribution is 2.31. The molecule has 1 aromatic carbocycles. The second-order valence-corrected chi connectivity index (χ2v) is 5.56. The van der Waals surface area contributed by atoms with Crippen LogP contribution in [0, 0.1) is 5.92 Å². The molecule has 2 aromatic heterocycles. The van der Waals surface area contributed by atoms with Gasteiger partial charge in [-0.05, 0) is 43.2 Å². The molecule has 23 heavy (non-hydrogen) atoms. The number of hydrogen-bond donors (Lipinski definition) is 0. The third kappa shape index (κ3) is 2.73. The van der Waals surface area contributed by atoms with Crippen LogP contribution in [-0.4, -0.2) is 11.0 Å². The van der Waals surface area contributed by atoms with Crippen molar-refractivity contribution in [2.75, 3.05) is 0 Å². The van der Waals surface area contributed by atoms with Crippen LogP contribution in [0.5, 0.6) is 5.75 Å². The lowest BCUT2D eigenvalue weighted by molar-refractivity contribution is -0.135. The lowest BCUT2D eigenvalue weighted by Gasteiger charge is -2.05. The van der Waals surface area contributed by atoms with Crippen molar-refractivity contribution in [3.8, 4) is 17.0 Å². The van der Waals surface area contributed by atoms with E-state index < -0.39 is 5.63 Å². The molecule has 0 radical (unpaired) electrons. The summed E-state index contributed by atoms with van der Waals surface area (Å²) in [6.07, 6.45) is 3.39. The highest BCUT2D eigenvalue weighted by Gasteiger charge is 2.31. The molecule has 0 atom stereocenters. The van der Waals surface area contributed by atoms with Crippen molar-refractivity contribution in [2.45, 2.75) is 12.8 Å². The number of fused-ring (bicyclic) bond motifs is 1. The van der Waals surface area contributed by atoms with Gasteiger partial charge < -0.3 is 9.15 Å². The Balaban J connectivity index is 1.73. The van der Waals surface area contributed by atoms with E-state index in [2.05, 4.69) is 4.98 Å². The van der Waals surface area contributed by atoms with Gasteiger partial charge in [-0.1, -0.05) is 6.07 Å². The number of pyridine rings is 1. The molecule has 5 nitrogen and oxygen atoms in total. The van der Waals surface area contributed by atoms with Gasteiger partial charge in [-0.3, -0.25) is 9.78 Å². The summed E-state index contributed by atoms with van der Waals surface area (Å²) in [4.78, 5) is 28.0. The number of ether oxygens (including phenoxy) is 1. The molecule has 114 valence electrons. The number of nitrogens with zero attached hydrogens (tertiary/aromatic N) is 1. The summed E-state index contributed by atoms with van der Waals surface area (Å²) < 4.78 is 10.6. The SMILES string of the molecule is O=C(Oc1ccc2cc(-c3ccccn3)c(=O)oc2c1)C1CC1. The molecule has 5 heteroatoms. The van der Waals surface area contributed by atoms with Gasteiger partial charge in [0.1, 0.15) is 11.3 Å². The summed E-state index contributed by atoms with van der Waals surface area (Å²) in [5.41, 5.74) is 0.880. The van der Waals surface area contributed by atoms with Crippen LogP contribution in [0.25, 0.3) is 22.2 Å². The molecule has 0 saturated heterocycles. The van der Waals surface area contributed by atoms with Gasteiger partial charge in [-0.25, -0.2) is 4.79 Å². The minimum Gasteiger partial charge on any atom is -0.426 e. The quantitative estimate of drug-likeness (QED) is 0.422. The molecule has 1 aliphatic rings. The van der Waals surface area contributed by atoms with Crippen molar-refractivity contribution in [1.29, 1.82) is 0 Å². The Morgan fingerprint density at radius 1 is 1.17 bits per heavy atom. The normalized spacial score (nSPS) is 13.9. The summed E-state index contributed by atoms with van der Waals surface area (Å²) in [6.45, 7) is 0. The van der Waals surface area contributed by atoms with Gasteiger partial charge in [-0.15, -0.1) is 0 Å². The number of benzene rings is 1. The molecular formula is C18H13NO4. The van der Waals surface area contributed by atoms with E-state index in [1.807, 2.05) is 6.07 Å². The van der Waals surface area contributed by atoms with E-state index in [-0.39, 0.29) is 11.9 Å². The topological polar surface area (TPSA) is 69.4 Å². The largest absolute Gasteiger partial charge is 0.426 e. The molecule has 1 fully saturated rings. The molecule has 2 heterocycles. The predicted molar refractivity (Wildman–Crippen MR) is 84.1 cm³/mol. The number of rotatable bonds is 3. The van der Waals surface area contributed by atoms with Gasteiger partial charge in [-0.2, -0.15) is 0 Å². The van der Waals surface area contributed by atoms with E-state index in [9.17, 15) is 9.59 Å². The summed E-state index contributed by atoms with van der Waals surface area (Å²) in [5.74, 6) is 0.184. The molecule has 3 aromatic rings. The smallest absolute Gasteiger partial charge is 0.345 e. The Hall–Kier alpha value is -2.95. The van der Waals surface area contributed by atoms with Crippen molar-refractivity contribution in [1.82, 2.24) is 4.98 Å². The lowest BCUT2D eigenvalue weighted by Crippen LogP contribution is -2.09. The maximum Gasteiger partial charge on any atom is 0.345 e. The van der Waals surface area contributed by atoms with Crippen LogP contribution in [0.15, 0.2) is 57.9 Å². The fourth-order valence-corrected chi connectivity index (χ4v) is 2.37. The van der Waals surface area contributed by atoms with Crippen LogP contribution in [0.1, 0.15) is 12.8 Å². The Kier molecular flexibility index (Phi) is 3.19. The van der Waals surface area contributed by atoms with Crippen molar-refractivity contribution in [3.05, 3.63) is 59.1 Å². The van der Waals surface area contributed by atoms with Crippen LogP contribution >= 0.6 is 0 Å². The Labute approximate surface area is 131 Å². The number of aromatic nitrogens is 1. The van der Waals surface area contributed by atoms with Gasteiger partial charge in [0.15, 0.2) is 0 Å². The van der Waals surface area contributed by atoms with Crippen LogP contribution in [0.2, 0.25) is 0 Å². The zero-order valence-corrected chi connectivity index (χ0v) is 12.2. The first-order valence-corrected chi connectivity index (χ1v) is 7.42. The van der Waals surface area contributed by atoms with Crippen molar-refractivity contribution >= 4 is 16.9 Å². The molecule has 0 N–H and O–H groups in total. The first-order chi connectivity index (χ1) is 11.2. The molecule has 1 saturated carbocycles. The molecule has 0 amide bonds. The Bertz CT molecular complexity index is 942. The summed E-state index contributed by atoms with van der Waals surface area (Å²) in [5, 5.41) is 0.747. The molecule has 0 bridgehead atoms. The fourth-order valence-electron chi connectivity index (χ4n) is 2.37. The first-order valence-electron chi connectivity index (χ1n) is 7.42. The van der Waals surface area contributed by atoms with E-state index in [1.54, 1.807) is 42.6 Å². The minimum absolute atomic E-state index is 0.0178. The number of carbonyl (C=O) groups is 1. The molecule has 0 spiro atoms. The maximum absolute atomic E-state index is 12.2. The zero-order chi connectivity index (χ0) is 15.8. The molecule has 4 rings (SSSR count). The van der Waals surface area contributed by atoms with Crippen LogP contribution in [0.3, 0.4) is 0 Å². The second kappa shape index (κ2) is 5.35. The van der Waals surface area contributed by atoms with E-state index in [0.29, 0.717) is 22.6 Å². The summed E-state index contributed by atoms with van der Waals surface area (Å²) in [6, 6.07) is 12.1. The van der Waals surface area contributed by atoms with Crippen molar-refractivity contribution in [3.63, 3.8) is 0 Å². The lowest BCUT2D eigenvalue weighted by atomic mass is 10.1. The number of carbonyl (C=O) groups excluding carboxylic acids is 1. The standard InChI is InChI=1S/C18H13NO4/c20-17(11-4-5-11)22-13-7-6-12-9-14(15-3-1-2-8-19-15)18(21)23-16(12)10-13/h1-3,6-11H,4-5H2. The average Bonchev–Trinajstić information content (AvgIpc) is 3.40. The zero-order valence-electron chi connectivity index (χ0n) is 12.2. The van der Waals surface area contributed by atoms with Gasteiger partial charge in [0, 0.05) is 17.6 Å². The second-order valence-electron chi connectivity index (χ2n) is 5.56. The van der Waals surface area contributed by atoms with Crippen molar-refractivity contribution in [2.24, 2.45) is 5.92 Å². The third-order valence-corrected chi connectivity index (χ3v) is 3.78. The fraction of sp³-hybridized carbons (Fsp3) is 0.167. The van der Waals surface area contributed by atoms with Gasteiger partial charge in [0.05, 0.1) is 17.2 Å². The van der Waals surface area contributed by atoms with E-state index >= 15 is 0 Å². The van der Waals surface area contributed by atoms with Crippen LogP contribution in [-0.2, 0) is 4.79 Å². The highest BCUT2D eigenvalue weighted by atomic mass is 16.5. The summed E-state index contributed by atoms with van der Waals surface area (Å²) >= 11 is 0. The van der Waals surface area contributed by atoms with Crippen molar-refractivity contribution < 1.29 is 13.9 Å². The maximum atomic E-state index is 12.2. The van der Waals surface area contributed by atoms with E-state index in [0.717, 1.165) is 18.2 Å². The molecular weight excluding hydrogens is 294 g/mol. The van der Waals surface area contributed by atoms with Crippen LogP contribution < -0.4 is 10.4 Å². The number of esters is 1. The highest BCUT2D eigenvalue weighted by molar-refractivity contribution is 5.83. The first kappa shape index (κ1) is 13.7. The third-order valence-electron chi connectivity index (χ3n) is 3.78. The van der Waals surface area contributed by atoms with Gasteiger partial charge in [0.2, 0.25) is 0 Å². The molecule has 0 unspecified atom stereocenters. The number of hydrogen-bond acceptors (Lipinski definition) is 5. The van der Waals surface area contributed by atoms with Gasteiger partial charge >= 0.3 is 11.6 Å². The van der Waals surface area contributed by atoms with E-state index in [4.69, 9.17) is 9.15 Å².